The largest absolute Gasteiger partial charge is 0.467 e. The standard InChI is InChI=1S/C18H24N2O4S/c1-24-17(23)14-5-2-10-20(14)16(22)7-9-18(8-6-15(21)19-18)12-13-4-3-11-25-13/h3-4,11,14H,2,5-10,12H2,1H3,(H,19,21)/t14-,18?/m0/s1. The molecule has 6 nitrogen and oxygen atoms in total. The summed E-state index contributed by atoms with van der Waals surface area (Å²) in [6, 6.07) is 3.61. The minimum Gasteiger partial charge on any atom is -0.467 e. The van der Waals surface area contributed by atoms with E-state index in [0.717, 1.165) is 19.3 Å². The minimum absolute atomic E-state index is 0.0281. The highest BCUT2D eigenvalue weighted by molar-refractivity contribution is 7.09. The van der Waals surface area contributed by atoms with Gasteiger partial charge in [0.05, 0.1) is 7.11 Å². The topological polar surface area (TPSA) is 75.7 Å². The number of nitrogens with zero attached hydrogens (tertiary/aromatic N) is 1. The Morgan fingerprint density at radius 1 is 1.48 bits per heavy atom. The van der Waals surface area contributed by atoms with Crippen LogP contribution in [0.25, 0.3) is 0 Å². The van der Waals surface area contributed by atoms with Crippen LogP contribution in [0.1, 0.15) is 43.4 Å². The van der Waals surface area contributed by atoms with Gasteiger partial charge in [0.2, 0.25) is 11.8 Å². The van der Waals surface area contributed by atoms with Crippen LogP contribution in [-0.4, -0.2) is 47.9 Å². The van der Waals surface area contributed by atoms with Crippen molar-refractivity contribution in [1.82, 2.24) is 10.2 Å². The average Bonchev–Trinajstić information content (AvgIpc) is 3.34. The van der Waals surface area contributed by atoms with Gasteiger partial charge in [-0.05, 0) is 37.1 Å². The summed E-state index contributed by atoms with van der Waals surface area (Å²) in [5, 5.41) is 5.13. The molecule has 2 aliphatic heterocycles. The molecule has 7 heteroatoms. The van der Waals surface area contributed by atoms with E-state index in [-0.39, 0.29) is 23.3 Å². The zero-order valence-corrected chi connectivity index (χ0v) is 15.3. The third-order valence-electron chi connectivity index (χ3n) is 5.19. The fourth-order valence-corrected chi connectivity index (χ4v) is 4.71. The van der Waals surface area contributed by atoms with Gasteiger partial charge in [-0.25, -0.2) is 4.79 Å². The number of esters is 1. The lowest BCUT2D eigenvalue weighted by atomic mass is 9.87. The second kappa shape index (κ2) is 7.56. The Bertz CT molecular complexity index is 646. The van der Waals surface area contributed by atoms with Crippen molar-refractivity contribution in [2.24, 2.45) is 0 Å². The Labute approximate surface area is 151 Å². The summed E-state index contributed by atoms with van der Waals surface area (Å²) in [6.45, 7) is 0.600. The number of rotatable bonds is 6. The van der Waals surface area contributed by atoms with E-state index >= 15 is 0 Å². The van der Waals surface area contributed by atoms with Gasteiger partial charge in [-0.3, -0.25) is 9.59 Å². The number of carbonyl (C=O) groups is 3. The van der Waals surface area contributed by atoms with Gasteiger partial charge >= 0.3 is 5.97 Å². The lowest BCUT2D eigenvalue weighted by molar-refractivity contribution is -0.151. The van der Waals surface area contributed by atoms with E-state index in [2.05, 4.69) is 11.4 Å². The molecule has 136 valence electrons. The predicted molar refractivity (Wildman–Crippen MR) is 94.1 cm³/mol. The fraction of sp³-hybridized carbons (Fsp3) is 0.611. The molecule has 0 radical (unpaired) electrons. The SMILES string of the molecule is COC(=O)[C@@H]1CCCN1C(=O)CCC1(Cc2cccs2)CCC(=O)N1. The van der Waals surface area contributed by atoms with Gasteiger partial charge in [-0.15, -0.1) is 11.3 Å². The van der Waals surface area contributed by atoms with Crippen molar-refractivity contribution in [2.45, 2.75) is 56.5 Å². The molecule has 0 aliphatic carbocycles. The van der Waals surface area contributed by atoms with Gasteiger partial charge in [0, 0.05) is 36.2 Å². The summed E-state index contributed by atoms with van der Waals surface area (Å²) in [4.78, 5) is 39.2. The molecule has 0 bridgehead atoms. The van der Waals surface area contributed by atoms with E-state index in [0.29, 0.717) is 32.2 Å². The first-order valence-corrected chi connectivity index (χ1v) is 9.62. The molecule has 3 heterocycles. The lowest BCUT2D eigenvalue weighted by Gasteiger charge is -2.30. The summed E-state index contributed by atoms with van der Waals surface area (Å²) in [7, 11) is 1.35. The van der Waals surface area contributed by atoms with Crippen LogP contribution in [0.3, 0.4) is 0 Å². The number of nitrogens with one attached hydrogen (secondary N) is 1. The maximum absolute atomic E-state index is 12.7. The summed E-state index contributed by atoms with van der Waals surface area (Å²) in [5.41, 5.74) is -0.349. The van der Waals surface area contributed by atoms with E-state index in [1.165, 1.54) is 12.0 Å². The third-order valence-corrected chi connectivity index (χ3v) is 6.07. The fourth-order valence-electron chi connectivity index (χ4n) is 3.86. The summed E-state index contributed by atoms with van der Waals surface area (Å²) in [5.74, 6) is -0.314. The Morgan fingerprint density at radius 2 is 2.32 bits per heavy atom. The number of ether oxygens (including phenoxy) is 1. The number of amides is 2. The third kappa shape index (κ3) is 4.03. The maximum atomic E-state index is 12.7. The summed E-state index contributed by atoms with van der Waals surface area (Å²) < 4.78 is 4.81. The number of likely N-dealkylation sites (tertiary alicyclic amines) is 1. The monoisotopic (exact) mass is 364 g/mol. The molecule has 2 atom stereocenters. The molecule has 2 amide bonds. The van der Waals surface area contributed by atoms with Crippen LogP contribution in [0.2, 0.25) is 0 Å². The van der Waals surface area contributed by atoms with Gasteiger partial charge in [-0.1, -0.05) is 6.07 Å². The molecule has 1 aromatic rings. The van der Waals surface area contributed by atoms with Crippen LogP contribution < -0.4 is 5.32 Å². The molecule has 0 aromatic carbocycles. The lowest BCUT2D eigenvalue weighted by Crippen LogP contribution is -2.46. The normalized spacial score (nSPS) is 25.9. The van der Waals surface area contributed by atoms with Crippen molar-refractivity contribution >= 4 is 29.1 Å². The van der Waals surface area contributed by atoms with E-state index < -0.39 is 6.04 Å². The van der Waals surface area contributed by atoms with Crippen LogP contribution >= 0.6 is 11.3 Å². The van der Waals surface area contributed by atoms with Crippen LogP contribution in [0, 0.1) is 0 Å². The first-order chi connectivity index (χ1) is 12.0. The Kier molecular flexibility index (Phi) is 5.42. The van der Waals surface area contributed by atoms with Gasteiger partial charge in [-0.2, -0.15) is 0 Å². The highest BCUT2D eigenvalue weighted by atomic mass is 32.1. The number of methoxy groups -OCH3 is 1. The van der Waals surface area contributed by atoms with Crippen LogP contribution in [0.4, 0.5) is 0 Å². The number of carbonyl (C=O) groups excluding carboxylic acids is 3. The van der Waals surface area contributed by atoms with Crippen molar-refractivity contribution in [3.8, 4) is 0 Å². The molecule has 25 heavy (non-hydrogen) atoms. The highest BCUT2D eigenvalue weighted by Crippen LogP contribution is 2.32. The van der Waals surface area contributed by atoms with Gasteiger partial charge < -0.3 is 15.0 Å². The molecule has 0 saturated carbocycles. The molecule has 1 unspecified atom stereocenters. The van der Waals surface area contributed by atoms with Gasteiger partial charge in [0.15, 0.2) is 0 Å². The summed E-state index contributed by atoms with van der Waals surface area (Å²) in [6.07, 6.45) is 4.42. The highest BCUT2D eigenvalue weighted by Gasteiger charge is 2.40. The quantitative estimate of drug-likeness (QED) is 0.782. The Hall–Kier alpha value is -1.89. The van der Waals surface area contributed by atoms with E-state index in [4.69, 9.17) is 4.74 Å². The van der Waals surface area contributed by atoms with E-state index in [9.17, 15) is 14.4 Å². The molecule has 2 fully saturated rings. The number of hydrogen-bond donors (Lipinski definition) is 1. The van der Waals surface area contributed by atoms with Crippen molar-refractivity contribution < 1.29 is 19.1 Å². The molecule has 2 saturated heterocycles. The molecule has 1 aromatic heterocycles. The van der Waals surface area contributed by atoms with Crippen molar-refractivity contribution in [3.05, 3.63) is 22.4 Å². The molecular weight excluding hydrogens is 340 g/mol. The smallest absolute Gasteiger partial charge is 0.328 e. The Morgan fingerprint density at radius 3 is 2.96 bits per heavy atom. The zero-order chi connectivity index (χ0) is 17.9. The van der Waals surface area contributed by atoms with Crippen LogP contribution in [0.5, 0.6) is 0 Å². The number of thiophene rings is 1. The average molecular weight is 364 g/mol. The molecule has 3 rings (SSSR count). The zero-order valence-electron chi connectivity index (χ0n) is 14.5. The van der Waals surface area contributed by atoms with Crippen LogP contribution in [0.15, 0.2) is 17.5 Å². The van der Waals surface area contributed by atoms with E-state index in [1.54, 1.807) is 16.2 Å². The van der Waals surface area contributed by atoms with Gasteiger partial charge in [0.25, 0.3) is 0 Å². The van der Waals surface area contributed by atoms with E-state index in [1.807, 2.05) is 11.4 Å². The molecule has 1 N–H and O–H groups in total. The Balaban J connectivity index is 1.64. The first-order valence-electron chi connectivity index (χ1n) is 8.74. The van der Waals surface area contributed by atoms with Crippen molar-refractivity contribution in [2.75, 3.05) is 13.7 Å². The van der Waals surface area contributed by atoms with Crippen molar-refractivity contribution in [3.63, 3.8) is 0 Å². The predicted octanol–water partition coefficient (Wildman–Crippen LogP) is 1.88. The minimum atomic E-state index is -0.455. The molecule has 2 aliphatic rings. The number of hydrogen-bond acceptors (Lipinski definition) is 5. The molecule has 0 spiro atoms. The molecular formula is C18H24N2O4S. The van der Waals surface area contributed by atoms with Crippen LogP contribution in [-0.2, 0) is 25.5 Å². The second-order valence-corrected chi connectivity index (χ2v) is 7.89. The second-order valence-electron chi connectivity index (χ2n) is 6.85. The van der Waals surface area contributed by atoms with Crippen molar-refractivity contribution in [1.29, 1.82) is 0 Å². The summed E-state index contributed by atoms with van der Waals surface area (Å²) >= 11 is 1.67. The maximum Gasteiger partial charge on any atom is 0.328 e. The van der Waals surface area contributed by atoms with Gasteiger partial charge in [0.1, 0.15) is 6.04 Å². The first kappa shape index (κ1) is 17.9.